The van der Waals surface area contributed by atoms with Crippen molar-refractivity contribution < 1.29 is 13.2 Å². The standard InChI is InChI=1S/C18H31N3O3S/c1-14-7-8-16(15(2)11-14)25(23,24)20-10-9-17(22)19-12-18(3,4)13-21(5)6/h7-8,11,20H,9-10,12-13H2,1-6H3,(H,19,22). The maximum absolute atomic E-state index is 12.3. The van der Waals surface area contributed by atoms with Gasteiger partial charge >= 0.3 is 0 Å². The number of hydrogen-bond acceptors (Lipinski definition) is 4. The molecule has 142 valence electrons. The summed E-state index contributed by atoms with van der Waals surface area (Å²) in [6.07, 6.45) is 0.113. The van der Waals surface area contributed by atoms with Gasteiger partial charge in [0, 0.05) is 26.1 Å². The second kappa shape index (κ2) is 8.78. The van der Waals surface area contributed by atoms with Crippen LogP contribution in [0.25, 0.3) is 0 Å². The lowest BCUT2D eigenvalue weighted by molar-refractivity contribution is -0.121. The average Bonchev–Trinajstić information content (AvgIpc) is 2.43. The molecule has 7 heteroatoms. The number of carbonyl (C=O) groups is 1. The van der Waals surface area contributed by atoms with Gasteiger partial charge in [-0.05, 0) is 45.0 Å². The number of amides is 1. The number of benzene rings is 1. The van der Waals surface area contributed by atoms with Crippen LogP contribution in [0.5, 0.6) is 0 Å². The Morgan fingerprint density at radius 1 is 1.20 bits per heavy atom. The monoisotopic (exact) mass is 369 g/mol. The Labute approximate surface area is 152 Å². The van der Waals surface area contributed by atoms with Crippen molar-refractivity contribution in [2.45, 2.75) is 39.0 Å². The van der Waals surface area contributed by atoms with Crippen LogP contribution in [0, 0.1) is 19.3 Å². The number of nitrogens with one attached hydrogen (secondary N) is 2. The van der Waals surface area contributed by atoms with Crippen LogP contribution in [0.2, 0.25) is 0 Å². The highest BCUT2D eigenvalue weighted by Gasteiger charge is 2.20. The zero-order valence-corrected chi connectivity index (χ0v) is 17.0. The summed E-state index contributed by atoms with van der Waals surface area (Å²) in [5, 5.41) is 2.87. The van der Waals surface area contributed by atoms with Crippen molar-refractivity contribution >= 4 is 15.9 Å². The Morgan fingerprint density at radius 3 is 2.40 bits per heavy atom. The third kappa shape index (κ3) is 7.54. The fraction of sp³-hybridized carbons (Fsp3) is 0.611. The van der Waals surface area contributed by atoms with Gasteiger partial charge in [0.1, 0.15) is 0 Å². The van der Waals surface area contributed by atoms with Gasteiger partial charge in [-0.15, -0.1) is 0 Å². The number of hydrogen-bond donors (Lipinski definition) is 2. The van der Waals surface area contributed by atoms with Gasteiger partial charge in [0.25, 0.3) is 0 Å². The summed E-state index contributed by atoms with van der Waals surface area (Å²) in [7, 11) is 0.384. The van der Waals surface area contributed by atoms with Crippen molar-refractivity contribution in [2.24, 2.45) is 5.41 Å². The second-order valence-electron chi connectivity index (χ2n) is 7.60. The molecule has 2 N–H and O–H groups in total. The minimum atomic E-state index is -3.60. The minimum Gasteiger partial charge on any atom is -0.355 e. The molecule has 0 aliphatic heterocycles. The molecule has 25 heavy (non-hydrogen) atoms. The second-order valence-corrected chi connectivity index (χ2v) is 9.33. The van der Waals surface area contributed by atoms with E-state index in [2.05, 4.69) is 28.8 Å². The van der Waals surface area contributed by atoms with Crippen molar-refractivity contribution in [3.8, 4) is 0 Å². The van der Waals surface area contributed by atoms with E-state index in [1.165, 1.54) is 0 Å². The molecule has 0 radical (unpaired) electrons. The van der Waals surface area contributed by atoms with Crippen molar-refractivity contribution in [3.63, 3.8) is 0 Å². The highest BCUT2D eigenvalue weighted by atomic mass is 32.2. The first-order chi connectivity index (χ1) is 11.4. The Kier molecular flexibility index (Phi) is 7.59. The van der Waals surface area contributed by atoms with E-state index in [-0.39, 0.29) is 29.2 Å². The SMILES string of the molecule is Cc1ccc(S(=O)(=O)NCCC(=O)NCC(C)(C)CN(C)C)c(C)c1. The van der Waals surface area contributed by atoms with Gasteiger partial charge in [0.2, 0.25) is 15.9 Å². The van der Waals surface area contributed by atoms with E-state index in [1.54, 1.807) is 19.1 Å². The number of sulfonamides is 1. The van der Waals surface area contributed by atoms with Crippen LogP contribution in [0.1, 0.15) is 31.4 Å². The zero-order chi connectivity index (χ0) is 19.3. The predicted octanol–water partition coefficient (Wildman–Crippen LogP) is 1.68. The van der Waals surface area contributed by atoms with E-state index in [1.807, 2.05) is 27.1 Å². The third-order valence-electron chi connectivity index (χ3n) is 3.77. The Hall–Kier alpha value is -1.44. The van der Waals surface area contributed by atoms with Crippen LogP contribution >= 0.6 is 0 Å². The molecule has 0 fully saturated rings. The van der Waals surface area contributed by atoms with Gasteiger partial charge in [-0.1, -0.05) is 31.5 Å². The number of aryl methyl sites for hydroxylation is 2. The lowest BCUT2D eigenvalue weighted by Crippen LogP contribution is -2.40. The molecule has 1 rings (SSSR count). The summed E-state index contributed by atoms with van der Waals surface area (Å²) in [6, 6.07) is 5.19. The topological polar surface area (TPSA) is 78.5 Å². The fourth-order valence-corrected chi connectivity index (χ4v) is 4.07. The van der Waals surface area contributed by atoms with E-state index in [0.29, 0.717) is 12.1 Å². The normalized spacial score (nSPS) is 12.4. The van der Waals surface area contributed by atoms with E-state index in [4.69, 9.17) is 0 Å². The van der Waals surface area contributed by atoms with Gasteiger partial charge in [-0.2, -0.15) is 0 Å². The molecule has 0 aliphatic carbocycles. The van der Waals surface area contributed by atoms with E-state index < -0.39 is 10.0 Å². The summed E-state index contributed by atoms with van der Waals surface area (Å²) in [5.41, 5.74) is 1.66. The lowest BCUT2D eigenvalue weighted by Gasteiger charge is -2.28. The Balaban J connectivity index is 2.49. The van der Waals surface area contributed by atoms with Gasteiger partial charge in [-0.3, -0.25) is 4.79 Å². The van der Waals surface area contributed by atoms with Crippen molar-refractivity contribution in [1.82, 2.24) is 14.9 Å². The lowest BCUT2D eigenvalue weighted by atomic mass is 9.93. The molecule has 0 saturated carbocycles. The summed E-state index contributed by atoms with van der Waals surface area (Å²) in [5.74, 6) is -0.157. The van der Waals surface area contributed by atoms with Crippen LogP contribution in [0.3, 0.4) is 0 Å². The van der Waals surface area contributed by atoms with Gasteiger partial charge in [-0.25, -0.2) is 13.1 Å². The van der Waals surface area contributed by atoms with Crippen LogP contribution in [-0.4, -0.2) is 53.0 Å². The zero-order valence-electron chi connectivity index (χ0n) is 16.1. The van der Waals surface area contributed by atoms with E-state index in [9.17, 15) is 13.2 Å². The average molecular weight is 370 g/mol. The minimum absolute atomic E-state index is 0.0440. The smallest absolute Gasteiger partial charge is 0.240 e. The number of nitrogens with zero attached hydrogens (tertiary/aromatic N) is 1. The van der Waals surface area contributed by atoms with Crippen LogP contribution < -0.4 is 10.0 Å². The summed E-state index contributed by atoms with van der Waals surface area (Å²) in [4.78, 5) is 14.3. The third-order valence-corrected chi connectivity index (χ3v) is 5.39. The molecule has 1 amide bonds. The first-order valence-corrected chi connectivity index (χ1v) is 9.90. The largest absolute Gasteiger partial charge is 0.355 e. The first kappa shape index (κ1) is 21.6. The molecule has 0 atom stereocenters. The summed E-state index contributed by atoms with van der Waals surface area (Å²) >= 11 is 0. The van der Waals surface area contributed by atoms with Gasteiger partial charge < -0.3 is 10.2 Å². The molecular formula is C18H31N3O3S. The Bertz CT molecular complexity index is 698. The molecule has 0 heterocycles. The molecule has 0 spiro atoms. The molecule has 6 nitrogen and oxygen atoms in total. The van der Waals surface area contributed by atoms with Crippen molar-refractivity contribution in [1.29, 1.82) is 0 Å². The molecule has 0 unspecified atom stereocenters. The summed E-state index contributed by atoms with van der Waals surface area (Å²) < 4.78 is 27.2. The van der Waals surface area contributed by atoms with Crippen LogP contribution in [0.4, 0.5) is 0 Å². The van der Waals surface area contributed by atoms with Crippen LogP contribution in [0.15, 0.2) is 23.1 Å². The maximum atomic E-state index is 12.3. The van der Waals surface area contributed by atoms with E-state index in [0.717, 1.165) is 12.1 Å². The van der Waals surface area contributed by atoms with E-state index >= 15 is 0 Å². The Morgan fingerprint density at radius 2 is 1.84 bits per heavy atom. The fourth-order valence-electron chi connectivity index (χ4n) is 2.82. The predicted molar refractivity (Wildman–Crippen MR) is 101 cm³/mol. The molecule has 1 aromatic rings. The molecular weight excluding hydrogens is 338 g/mol. The molecule has 1 aromatic carbocycles. The molecule has 0 aromatic heterocycles. The van der Waals surface area contributed by atoms with Gasteiger partial charge in [0.05, 0.1) is 4.90 Å². The number of carbonyl (C=O) groups excluding carboxylic acids is 1. The number of rotatable bonds is 9. The van der Waals surface area contributed by atoms with Gasteiger partial charge in [0.15, 0.2) is 0 Å². The molecule has 0 saturated heterocycles. The molecule has 0 bridgehead atoms. The van der Waals surface area contributed by atoms with Crippen molar-refractivity contribution in [3.05, 3.63) is 29.3 Å². The molecule has 0 aliphatic rings. The first-order valence-electron chi connectivity index (χ1n) is 8.41. The highest BCUT2D eigenvalue weighted by Crippen LogP contribution is 2.16. The van der Waals surface area contributed by atoms with Crippen molar-refractivity contribution in [2.75, 3.05) is 33.7 Å². The quantitative estimate of drug-likeness (QED) is 0.694. The summed E-state index contributed by atoms with van der Waals surface area (Å²) in [6.45, 7) is 9.32. The highest BCUT2D eigenvalue weighted by molar-refractivity contribution is 7.89. The van der Waals surface area contributed by atoms with Crippen LogP contribution in [-0.2, 0) is 14.8 Å². The maximum Gasteiger partial charge on any atom is 0.240 e.